The van der Waals surface area contributed by atoms with Gasteiger partial charge in [0, 0.05) is 17.1 Å². The number of hydrogen-bond acceptors (Lipinski definition) is 5. The summed E-state index contributed by atoms with van der Waals surface area (Å²) in [7, 11) is 0. The number of H-pyrrole nitrogens is 1. The monoisotopic (exact) mass is 512 g/mol. The number of amides is 1. The summed E-state index contributed by atoms with van der Waals surface area (Å²) in [6, 6.07) is 15.7. The fourth-order valence-electron chi connectivity index (χ4n) is 4.35. The standard InChI is InChI=1S/C27H23F3N2O5/c28-27(29,30)37-20-5-3-4-16(11-20)17-12-22(25-24(13-17)35-8-9-36-25)26(34)32-19(15-33)10-18-14-31-23-7-2-1-6-21(18)23/h1-7,11-14,19,31,33H,8-10,15H2,(H,32,34)/t19-/m1/s1. The van der Waals surface area contributed by atoms with Crippen LogP contribution in [0.2, 0.25) is 0 Å². The van der Waals surface area contributed by atoms with Crippen molar-refractivity contribution in [1.29, 1.82) is 0 Å². The summed E-state index contributed by atoms with van der Waals surface area (Å²) in [5.74, 6) is -0.359. The average Bonchev–Trinajstić information content (AvgIpc) is 3.29. The summed E-state index contributed by atoms with van der Waals surface area (Å²) in [5.41, 5.74) is 2.87. The third kappa shape index (κ3) is 5.49. The fraction of sp³-hybridized carbons (Fsp3) is 0.222. The molecule has 0 unspecified atom stereocenters. The predicted octanol–water partition coefficient (Wildman–Crippen LogP) is 4.84. The van der Waals surface area contributed by atoms with E-state index in [1.54, 1.807) is 12.1 Å². The molecule has 37 heavy (non-hydrogen) atoms. The van der Waals surface area contributed by atoms with Gasteiger partial charge in [-0.25, -0.2) is 0 Å². The maximum absolute atomic E-state index is 13.4. The third-order valence-corrected chi connectivity index (χ3v) is 5.98. The normalized spacial score (nSPS) is 13.8. The molecular formula is C27H23F3N2O5. The van der Waals surface area contributed by atoms with Crippen molar-refractivity contribution in [3.63, 3.8) is 0 Å². The largest absolute Gasteiger partial charge is 0.573 e. The molecule has 1 aliphatic heterocycles. The van der Waals surface area contributed by atoms with E-state index < -0.39 is 18.3 Å². The average molecular weight is 512 g/mol. The second-order valence-electron chi connectivity index (χ2n) is 8.54. The van der Waals surface area contributed by atoms with Gasteiger partial charge in [0.05, 0.1) is 18.2 Å². The summed E-state index contributed by atoms with van der Waals surface area (Å²) in [5, 5.41) is 13.8. The fourth-order valence-corrected chi connectivity index (χ4v) is 4.35. The lowest BCUT2D eigenvalue weighted by Crippen LogP contribution is -2.39. The number of fused-ring (bicyclic) bond motifs is 2. The molecule has 0 saturated carbocycles. The Kier molecular flexibility index (Phi) is 6.66. The highest BCUT2D eigenvalue weighted by Gasteiger charge is 2.31. The number of aliphatic hydroxyl groups excluding tert-OH is 1. The number of nitrogens with one attached hydrogen (secondary N) is 2. The molecule has 0 spiro atoms. The Morgan fingerprint density at radius 3 is 2.68 bits per heavy atom. The lowest BCUT2D eigenvalue weighted by atomic mass is 10.00. The van der Waals surface area contributed by atoms with Gasteiger partial charge >= 0.3 is 6.36 Å². The maximum Gasteiger partial charge on any atom is 0.573 e. The molecule has 1 aromatic heterocycles. The maximum atomic E-state index is 13.4. The lowest BCUT2D eigenvalue weighted by Gasteiger charge is -2.23. The zero-order valence-electron chi connectivity index (χ0n) is 19.5. The number of aromatic nitrogens is 1. The number of aromatic amines is 1. The van der Waals surface area contributed by atoms with E-state index in [-0.39, 0.29) is 36.9 Å². The van der Waals surface area contributed by atoms with E-state index in [1.807, 2.05) is 30.5 Å². The quantitative estimate of drug-likeness (QED) is 0.330. The Bertz CT molecular complexity index is 1430. The summed E-state index contributed by atoms with van der Waals surface area (Å²) < 4.78 is 53.6. The van der Waals surface area contributed by atoms with Crippen molar-refractivity contribution in [3.05, 3.63) is 78.0 Å². The second-order valence-corrected chi connectivity index (χ2v) is 8.54. The molecule has 4 aromatic rings. The first kappa shape index (κ1) is 24.5. The van der Waals surface area contributed by atoms with E-state index in [2.05, 4.69) is 15.0 Å². The molecule has 0 aliphatic carbocycles. The van der Waals surface area contributed by atoms with E-state index in [4.69, 9.17) is 9.47 Å². The van der Waals surface area contributed by atoms with Crippen LogP contribution in [-0.2, 0) is 6.42 Å². The van der Waals surface area contributed by atoms with Crippen LogP contribution >= 0.6 is 0 Å². The number of para-hydroxylation sites is 1. The number of ether oxygens (including phenoxy) is 3. The highest BCUT2D eigenvalue weighted by atomic mass is 19.4. The minimum absolute atomic E-state index is 0.145. The van der Waals surface area contributed by atoms with Crippen LogP contribution in [0.5, 0.6) is 17.2 Å². The van der Waals surface area contributed by atoms with E-state index in [9.17, 15) is 23.1 Å². The molecule has 0 bridgehead atoms. The van der Waals surface area contributed by atoms with Crippen LogP contribution < -0.4 is 19.5 Å². The number of alkyl halides is 3. The SMILES string of the molecule is O=C(N[C@@H](CO)Cc1c[nH]c2ccccc12)c1cc(-c2cccc(OC(F)(F)F)c2)cc2c1OCCO2. The van der Waals surface area contributed by atoms with Gasteiger partial charge in [-0.3, -0.25) is 4.79 Å². The van der Waals surface area contributed by atoms with Crippen molar-refractivity contribution in [2.75, 3.05) is 19.8 Å². The van der Waals surface area contributed by atoms with Crippen LogP contribution in [0.4, 0.5) is 13.2 Å². The first-order valence-corrected chi connectivity index (χ1v) is 11.6. The molecular weight excluding hydrogens is 489 g/mol. The Morgan fingerprint density at radius 2 is 1.86 bits per heavy atom. The third-order valence-electron chi connectivity index (χ3n) is 5.98. The highest BCUT2D eigenvalue weighted by molar-refractivity contribution is 5.99. The van der Waals surface area contributed by atoms with Crippen molar-refractivity contribution >= 4 is 16.8 Å². The minimum atomic E-state index is -4.83. The highest BCUT2D eigenvalue weighted by Crippen LogP contribution is 2.39. The minimum Gasteiger partial charge on any atom is -0.486 e. The molecule has 0 radical (unpaired) electrons. The molecule has 2 heterocycles. The number of aliphatic hydroxyl groups is 1. The molecule has 10 heteroatoms. The molecule has 3 aromatic carbocycles. The van der Waals surface area contributed by atoms with E-state index >= 15 is 0 Å². The van der Waals surface area contributed by atoms with Crippen LogP contribution in [0.3, 0.4) is 0 Å². The Labute approximate surface area is 209 Å². The number of carbonyl (C=O) groups is 1. The van der Waals surface area contributed by atoms with Gasteiger partial charge in [0.1, 0.15) is 19.0 Å². The van der Waals surface area contributed by atoms with Gasteiger partial charge in [-0.15, -0.1) is 13.2 Å². The lowest BCUT2D eigenvalue weighted by molar-refractivity contribution is -0.274. The van der Waals surface area contributed by atoms with Crippen LogP contribution in [-0.4, -0.2) is 48.2 Å². The van der Waals surface area contributed by atoms with Gasteiger partial charge in [0.25, 0.3) is 5.91 Å². The van der Waals surface area contributed by atoms with Gasteiger partial charge in [0.2, 0.25) is 0 Å². The molecule has 1 amide bonds. The summed E-state index contributed by atoms with van der Waals surface area (Å²) in [6.45, 7) is 0.191. The molecule has 1 aliphatic rings. The van der Waals surface area contributed by atoms with Crippen LogP contribution in [0.15, 0.2) is 66.9 Å². The first-order chi connectivity index (χ1) is 17.8. The smallest absolute Gasteiger partial charge is 0.486 e. The van der Waals surface area contributed by atoms with Crippen LogP contribution in [0.25, 0.3) is 22.0 Å². The Morgan fingerprint density at radius 1 is 1.05 bits per heavy atom. The zero-order valence-corrected chi connectivity index (χ0v) is 19.5. The molecule has 192 valence electrons. The number of rotatable bonds is 7. The number of carbonyl (C=O) groups excluding carboxylic acids is 1. The van der Waals surface area contributed by atoms with Gasteiger partial charge in [-0.1, -0.05) is 30.3 Å². The van der Waals surface area contributed by atoms with Crippen LogP contribution in [0.1, 0.15) is 15.9 Å². The summed E-state index contributed by atoms with van der Waals surface area (Å²) in [4.78, 5) is 16.6. The Hall–Kier alpha value is -4.18. The molecule has 0 saturated heterocycles. The van der Waals surface area contributed by atoms with Gasteiger partial charge in [-0.2, -0.15) is 0 Å². The number of hydrogen-bond donors (Lipinski definition) is 3. The first-order valence-electron chi connectivity index (χ1n) is 11.6. The van der Waals surface area contributed by atoms with Gasteiger partial charge in [0.15, 0.2) is 11.5 Å². The Balaban J connectivity index is 1.44. The number of halogens is 3. The van der Waals surface area contributed by atoms with Crippen LogP contribution in [0, 0.1) is 0 Å². The summed E-state index contributed by atoms with van der Waals surface area (Å²) in [6.07, 6.45) is -2.61. The van der Waals surface area contributed by atoms with Crippen molar-refractivity contribution in [2.45, 2.75) is 18.8 Å². The zero-order chi connectivity index (χ0) is 26.0. The molecule has 5 rings (SSSR count). The van der Waals surface area contributed by atoms with E-state index in [0.29, 0.717) is 23.3 Å². The second kappa shape index (κ2) is 10.1. The number of benzene rings is 3. The van der Waals surface area contributed by atoms with Gasteiger partial charge < -0.3 is 29.6 Å². The van der Waals surface area contributed by atoms with Gasteiger partial charge in [-0.05, 0) is 53.4 Å². The molecule has 3 N–H and O–H groups in total. The van der Waals surface area contributed by atoms with Crippen molar-refractivity contribution < 1.29 is 37.3 Å². The predicted molar refractivity (Wildman–Crippen MR) is 130 cm³/mol. The van der Waals surface area contributed by atoms with Crippen molar-refractivity contribution in [1.82, 2.24) is 10.3 Å². The summed E-state index contributed by atoms with van der Waals surface area (Å²) >= 11 is 0. The van der Waals surface area contributed by atoms with Crippen molar-refractivity contribution in [2.24, 2.45) is 0 Å². The van der Waals surface area contributed by atoms with E-state index in [0.717, 1.165) is 16.5 Å². The molecule has 7 nitrogen and oxygen atoms in total. The molecule has 1 atom stereocenters. The molecule has 0 fully saturated rings. The topological polar surface area (TPSA) is 92.8 Å². The van der Waals surface area contributed by atoms with E-state index in [1.165, 1.54) is 24.3 Å². The van der Waals surface area contributed by atoms with Crippen molar-refractivity contribution in [3.8, 4) is 28.4 Å².